The van der Waals surface area contributed by atoms with Gasteiger partial charge in [-0.05, 0) is 135 Å². The smallest absolute Gasteiger partial charge is 0.306 e. The fourth-order valence-corrected chi connectivity index (χ4v) is 7.31. The van der Waals surface area contributed by atoms with Gasteiger partial charge < -0.3 is 14.2 Å². The van der Waals surface area contributed by atoms with E-state index in [2.05, 4.69) is 154 Å². The second kappa shape index (κ2) is 58.1. The topological polar surface area (TPSA) is 78.9 Å². The van der Waals surface area contributed by atoms with E-state index >= 15 is 0 Å². The largest absolute Gasteiger partial charge is 0.462 e. The van der Waals surface area contributed by atoms with Crippen molar-refractivity contribution in [1.29, 1.82) is 0 Å². The molecule has 0 aromatic carbocycles. The number of hydrogen-bond donors (Lipinski definition) is 0. The number of allylic oxidation sites excluding steroid dienone is 22. The third kappa shape index (κ3) is 56.3. The van der Waals surface area contributed by atoms with Crippen molar-refractivity contribution in [2.75, 3.05) is 13.2 Å². The predicted molar refractivity (Wildman–Crippen MR) is 306 cm³/mol. The van der Waals surface area contributed by atoms with Crippen LogP contribution < -0.4 is 0 Å². The SMILES string of the molecule is CC/C=C\C/C=C\C/C=C\C/C=C\C/C=C\C/C=C\C/C=C\C/C=C\C/C=C\CCCCCC(=O)OCC(COC(=O)CCCCCCC/C=C\CCC)OC(=O)CCCCCCC/C=C\CCCCC. The van der Waals surface area contributed by atoms with Gasteiger partial charge in [-0.2, -0.15) is 0 Å². The Morgan fingerprint density at radius 1 is 0.296 bits per heavy atom. The molecule has 0 saturated carbocycles. The zero-order chi connectivity index (χ0) is 51.4. The second-order valence-corrected chi connectivity index (χ2v) is 18.5. The van der Waals surface area contributed by atoms with Crippen molar-refractivity contribution in [3.05, 3.63) is 134 Å². The third-order valence-electron chi connectivity index (χ3n) is 11.6. The van der Waals surface area contributed by atoms with Crippen LogP contribution in [0.3, 0.4) is 0 Å². The quantitative estimate of drug-likeness (QED) is 0.0262. The van der Waals surface area contributed by atoms with Crippen LogP contribution in [0.5, 0.6) is 0 Å². The highest BCUT2D eigenvalue weighted by atomic mass is 16.6. The van der Waals surface area contributed by atoms with Crippen LogP contribution in [-0.2, 0) is 28.6 Å². The summed E-state index contributed by atoms with van der Waals surface area (Å²) in [4.78, 5) is 38.0. The van der Waals surface area contributed by atoms with Gasteiger partial charge in [0.1, 0.15) is 13.2 Å². The molecule has 0 bridgehead atoms. The van der Waals surface area contributed by atoms with Gasteiger partial charge in [-0.25, -0.2) is 0 Å². The van der Waals surface area contributed by atoms with Gasteiger partial charge in [-0.3, -0.25) is 14.4 Å². The first-order valence-corrected chi connectivity index (χ1v) is 28.7. The Bertz CT molecular complexity index is 1550. The third-order valence-corrected chi connectivity index (χ3v) is 11.6. The molecule has 0 aliphatic heterocycles. The Kier molecular flexibility index (Phi) is 54.5. The molecule has 0 heterocycles. The van der Waals surface area contributed by atoms with Crippen molar-refractivity contribution in [2.24, 2.45) is 0 Å². The van der Waals surface area contributed by atoms with E-state index in [9.17, 15) is 14.4 Å². The average molecular weight is 982 g/mol. The normalized spacial score (nSPS) is 13.1. The van der Waals surface area contributed by atoms with Crippen LogP contribution in [0.15, 0.2) is 134 Å². The van der Waals surface area contributed by atoms with Crippen molar-refractivity contribution >= 4 is 17.9 Å². The van der Waals surface area contributed by atoms with E-state index in [1.54, 1.807) is 0 Å². The molecule has 0 spiro atoms. The van der Waals surface area contributed by atoms with E-state index in [-0.39, 0.29) is 31.1 Å². The van der Waals surface area contributed by atoms with E-state index in [1.807, 2.05) is 0 Å². The minimum Gasteiger partial charge on any atom is -0.462 e. The molecule has 1 unspecified atom stereocenters. The number of hydrogen-bond acceptors (Lipinski definition) is 6. The zero-order valence-electron chi connectivity index (χ0n) is 45.7. The molecule has 71 heavy (non-hydrogen) atoms. The molecule has 6 heteroatoms. The number of rotatable bonds is 50. The Labute approximate surface area is 436 Å². The van der Waals surface area contributed by atoms with Gasteiger partial charge >= 0.3 is 17.9 Å². The van der Waals surface area contributed by atoms with Crippen molar-refractivity contribution in [3.8, 4) is 0 Å². The van der Waals surface area contributed by atoms with E-state index in [0.717, 1.165) is 154 Å². The summed E-state index contributed by atoms with van der Waals surface area (Å²) in [6.07, 6.45) is 81.7. The lowest BCUT2D eigenvalue weighted by molar-refractivity contribution is -0.167. The van der Waals surface area contributed by atoms with Crippen LogP contribution in [0.25, 0.3) is 0 Å². The zero-order valence-corrected chi connectivity index (χ0v) is 45.7. The molecule has 0 fully saturated rings. The van der Waals surface area contributed by atoms with Crippen molar-refractivity contribution in [1.82, 2.24) is 0 Å². The van der Waals surface area contributed by atoms with E-state index < -0.39 is 6.10 Å². The summed E-state index contributed by atoms with van der Waals surface area (Å²) in [7, 11) is 0. The molecule has 0 radical (unpaired) electrons. The lowest BCUT2D eigenvalue weighted by Crippen LogP contribution is -2.30. The lowest BCUT2D eigenvalue weighted by atomic mass is 10.1. The summed E-state index contributed by atoms with van der Waals surface area (Å²) in [5, 5.41) is 0. The fourth-order valence-electron chi connectivity index (χ4n) is 7.31. The molecule has 0 aliphatic carbocycles. The van der Waals surface area contributed by atoms with Crippen LogP contribution in [-0.4, -0.2) is 37.2 Å². The van der Waals surface area contributed by atoms with Gasteiger partial charge in [0.2, 0.25) is 0 Å². The van der Waals surface area contributed by atoms with Crippen LogP contribution in [0.4, 0.5) is 0 Å². The molecule has 0 aromatic heterocycles. The number of ether oxygens (including phenoxy) is 3. The van der Waals surface area contributed by atoms with Crippen molar-refractivity contribution < 1.29 is 28.6 Å². The maximum Gasteiger partial charge on any atom is 0.306 e. The monoisotopic (exact) mass is 981 g/mol. The molecule has 6 nitrogen and oxygen atoms in total. The number of unbranched alkanes of at least 4 members (excludes halogenated alkanes) is 17. The summed E-state index contributed by atoms with van der Waals surface area (Å²) < 4.78 is 16.7. The van der Waals surface area contributed by atoms with E-state index in [0.29, 0.717) is 19.3 Å². The summed E-state index contributed by atoms with van der Waals surface area (Å²) in [6.45, 7) is 6.38. The first kappa shape index (κ1) is 66.6. The molecule has 1 atom stereocenters. The molecule has 0 amide bonds. The van der Waals surface area contributed by atoms with Crippen molar-refractivity contribution in [3.63, 3.8) is 0 Å². The van der Waals surface area contributed by atoms with Crippen LogP contribution in [0, 0.1) is 0 Å². The summed E-state index contributed by atoms with van der Waals surface area (Å²) in [5.74, 6) is -0.961. The second-order valence-electron chi connectivity index (χ2n) is 18.5. The standard InChI is InChI=1S/C65H104O6/c1-4-7-10-13-16-19-22-24-25-26-27-28-29-30-31-32-33-34-35-36-37-38-39-40-41-42-44-46-49-52-55-58-64(67)70-61-62(60-69-63(66)57-54-51-48-45-21-18-15-12-9-6-3)71-65(68)59-56-53-50-47-43-23-20-17-14-11-8-5-2/h7,10,12,15-17,19-20,24-25,27-28,30-31,33-34,36-37,39-40,42,44,62H,4-6,8-9,11,13-14,18,21-23,26,29,32,35,38,41,43,45-61H2,1-3H3/b10-7-,15-12-,19-16-,20-17-,25-24-,28-27-,31-30-,34-33-,37-36-,40-39-,44-42-. The maximum absolute atomic E-state index is 12.8. The molecular weight excluding hydrogens is 877 g/mol. The molecule has 0 aromatic rings. The summed E-state index contributed by atoms with van der Waals surface area (Å²) >= 11 is 0. The number of esters is 3. The first-order chi connectivity index (χ1) is 35.0. The van der Waals surface area contributed by atoms with Gasteiger partial charge in [0.15, 0.2) is 6.10 Å². The summed E-state index contributed by atoms with van der Waals surface area (Å²) in [5.41, 5.74) is 0. The highest BCUT2D eigenvalue weighted by Gasteiger charge is 2.19. The first-order valence-electron chi connectivity index (χ1n) is 28.7. The molecule has 0 N–H and O–H groups in total. The van der Waals surface area contributed by atoms with Gasteiger partial charge in [0.05, 0.1) is 0 Å². The average Bonchev–Trinajstić information content (AvgIpc) is 3.37. The minimum absolute atomic E-state index is 0.1000. The van der Waals surface area contributed by atoms with Gasteiger partial charge in [0.25, 0.3) is 0 Å². The van der Waals surface area contributed by atoms with E-state index in [1.165, 1.54) is 44.9 Å². The Hall–Kier alpha value is -4.45. The number of carbonyl (C=O) groups is 3. The predicted octanol–water partition coefficient (Wildman–Crippen LogP) is 19.4. The molecule has 400 valence electrons. The van der Waals surface area contributed by atoms with Crippen LogP contribution >= 0.6 is 0 Å². The van der Waals surface area contributed by atoms with E-state index in [4.69, 9.17) is 14.2 Å². The minimum atomic E-state index is -0.802. The molecule has 0 saturated heterocycles. The van der Waals surface area contributed by atoms with Crippen molar-refractivity contribution in [2.45, 2.75) is 245 Å². The Morgan fingerprint density at radius 3 is 0.944 bits per heavy atom. The van der Waals surface area contributed by atoms with Gasteiger partial charge in [-0.15, -0.1) is 0 Å². The Balaban J connectivity index is 4.31. The Morgan fingerprint density at radius 2 is 0.577 bits per heavy atom. The highest BCUT2D eigenvalue weighted by Crippen LogP contribution is 2.13. The maximum atomic E-state index is 12.8. The molecule has 0 aliphatic rings. The lowest BCUT2D eigenvalue weighted by Gasteiger charge is -2.18. The van der Waals surface area contributed by atoms with Gasteiger partial charge in [-0.1, -0.05) is 219 Å². The molecule has 0 rings (SSSR count). The van der Waals surface area contributed by atoms with Crippen LogP contribution in [0.2, 0.25) is 0 Å². The fraction of sp³-hybridized carbons (Fsp3) is 0.615. The molecular formula is C65H104O6. The summed E-state index contributed by atoms with van der Waals surface area (Å²) in [6, 6.07) is 0. The highest BCUT2D eigenvalue weighted by molar-refractivity contribution is 5.71. The van der Waals surface area contributed by atoms with Gasteiger partial charge in [0, 0.05) is 19.3 Å². The number of carbonyl (C=O) groups excluding carboxylic acids is 3. The van der Waals surface area contributed by atoms with Crippen LogP contribution in [0.1, 0.15) is 239 Å².